The lowest BCUT2D eigenvalue weighted by Crippen LogP contribution is -2.44. The van der Waals surface area contributed by atoms with Crippen LogP contribution in [0.1, 0.15) is 63.9 Å². The van der Waals surface area contributed by atoms with Crippen LogP contribution in [-0.4, -0.2) is 48.2 Å². The van der Waals surface area contributed by atoms with Crippen LogP contribution in [0.25, 0.3) is 10.9 Å². The van der Waals surface area contributed by atoms with Crippen LogP contribution in [0.4, 0.5) is 10.5 Å². The van der Waals surface area contributed by atoms with Gasteiger partial charge in [0, 0.05) is 30.4 Å². The average Bonchev–Trinajstić information content (AvgIpc) is 3.41. The molecule has 7 heteroatoms. The highest BCUT2D eigenvalue weighted by molar-refractivity contribution is 6.57. The van der Waals surface area contributed by atoms with Gasteiger partial charge in [-0.15, -0.1) is 0 Å². The largest absolute Gasteiger partial charge is 0.354 e. The number of benzene rings is 1. The number of hydrogen-bond acceptors (Lipinski definition) is 3. The van der Waals surface area contributed by atoms with Gasteiger partial charge in [-0.05, 0) is 62.9 Å². The SMILES string of the molecule is BC(=O)N[C@@H](CC1CCCCC1)C(=O)Nc1ccc2c(CN3CCCC3)cn(CC)c2c1. The normalized spacial score (nSPS) is 18.7. The second-order valence-corrected chi connectivity index (χ2v) is 9.64. The molecule has 2 fully saturated rings. The van der Waals surface area contributed by atoms with Crippen molar-refractivity contribution in [2.75, 3.05) is 18.4 Å². The van der Waals surface area contributed by atoms with Crippen LogP contribution in [0, 0.1) is 5.92 Å². The summed E-state index contributed by atoms with van der Waals surface area (Å²) in [5.41, 5.74) is 3.31. The Bertz CT molecular complexity index is 945. The molecule has 2 amide bonds. The number of likely N-dealkylation sites (tertiary alicyclic amines) is 1. The molecule has 1 aliphatic heterocycles. The molecule has 1 aromatic heterocycles. The van der Waals surface area contributed by atoms with Gasteiger partial charge in [0.05, 0.1) is 5.52 Å². The predicted octanol–water partition coefficient (Wildman–Crippen LogP) is 3.88. The maximum absolute atomic E-state index is 13.1. The van der Waals surface area contributed by atoms with Crippen LogP contribution in [0.2, 0.25) is 0 Å². The molecule has 1 saturated heterocycles. The van der Waals surface area contributed by atoms with Gasteiger partial charge in [-0.2, -0.15) is 0 Å². The molecule has 1 aliphatic carbocycles. The van der Waals surface area contributed by atoms with Gasteiger partial charge >= 0.3 is 0 Å². The lowest BCUT2D eigenvalue weighted by molar-refractivity contribution is -0.118. The Morgan fingerprint density at radius 2 is 1.88 bits per heavy atom. The molecule has 0 radical (unpaired) electrons. The molecule has 4 rings (SSSR count). The second-order valence-electron chi connectivity index (χ2n) is 9.64. The van der Waals surface area contributed by atoms with E-state index in [-0.39, 0.29) is 11.7 Å². The van der Waals surface area contributed by atoms with Crippen LogP contribution in [0.3, 0.4) is 0 Å². The number of amides is 2. The van der Waals surface area contributed by atoms with E-state index in [1.165, 1.54) is 64.0 Å². The monoisotopic (exact) mass is 436 g/mol. The second kappa shape index (κ2) is 10.6. The van der Waals surface area contributed by atoms with Gasteiger partial charge in [0.15, 0.2) is 5.81 Å². The maximum Gasteiger partial charge on any atom is 0.246 e. The molecule has 1 saturated carbocycles. The molecule has 2 N–H and O–H groups in total. The van der Waals surface area contributed by atoms with Crippen molar-refractivity contribution in [2.45, 2.75) is 77.4 Å². The first-order valence-electron chi connectivity index (χ1n) is 12.5. The minimum atomic E-state index is -0.477. The summed E-state index contributed by atoms with van der Waals surface area (Å²) in [5.74, 6) is 0.249. The summed E-state index contributed by atoms with van der Waals surface area (Å²) in [6.45, 7) is 6.39. The zero-order valence-corrected chi connectivity index (χ0v) is 19.7. The maximum atomic E-state index is 13.1. The van der Waals surface area contributed by atoms with E-state index in [2.05, 4.69) is 45.4 Å². The first kappa shape index (κ1) is 22.9. The van der Waals surface area contributed by atoms with E-state index in [9.17, 15) is 9.59 Å². The molecule has 0 bridgehead atoms. The first-order valence-corrected chi connectivity index (χ1v) is 12.5. The van der Waals surface area contributed by atoms with Crippen molar-refractivity contribution >= 4 is 36.2 Å². The fraction of sp³-hybridized carbons (Fsp3) is 0.600. The van der Waals surface area contributed by atoms with E-state index in [4.69, 9.17) is 0 Å². The van der Waals surface area contributed by atoms with Gasteiger partial charge in [0.25, 0.3) is 0 Å². The Labute approximate surface area is 192 Å². The summed E-state index contributed by atoms with van der Waals surface area (Å²) in [6, 6.07) is 5.74. The number of carbonyl (C=O) groups is 2. The van der Waals surface area contributed by atoms with E-state index < -0.39 is 6.04 Å². The predicted molar refractivity (Wildman–Crippen MR) is 133 cm³/mol. The number of aryl methyl sites for hydroxylation is 1. The molecular weight excluding hydrogens is 399 g/mol. The van der Waals surface area contributed by atoms with Gasteiger partial charge in [-0.3, -0.25) is 14.5 Å². The molecule has 172 valence electrons. The Hall–Kier alpha value is -2.28. The van der Waals surface area contributed by atoms with Crippen LogP contribution >= 0.6 is 0 Å². The van der Waals surface area contributed by atoms with Crippen molar-refractivity contribution in [1.82, 2.24) is 14.8 Å². The van der Waals surface area contributed by atoms with Gasteiger partial charge < -0.3 is 15.2 Å². The molecule has 1 aromatic carbocycles. The number of hydrogen-bond donors (Lipinski definition) is 2. The third-order valence-electron chi connectivity index (χ3n) is 7.15. The van der Waals surface area contributed by atoms with Crippen LogP contribution < -0.4 is 10.6 Å². The minimum absolute atomic E-state index is 0.114. The number of nitrogens with one attached hydrogen (secondary N) is 2. The fourth-order valence-corrected chi connectivity index (χ4v) is 5.48. The number of carbonyl (C=O) groups excluding carboxylic acids is 2. The molecular formula is C25H37BN4O2. The Morgan fingerprint density at radius 1 is 1.12 bits per heavy atom. The van der Waals surface area contributed by atoms with Gasteiger partial charge in [0.1, 0.15) is 6.04 Å². The standard InChI is InChI=1S/C25H37BN4O2/c1-2-30-17-19(16-29-12-6-7-13-29)21-11-10-20(15-23(21)30)27-24(31)22(28-25(26)32)14-18-8-4-3-5-9-18/h10-11,15,17-18,22H,2-9,12-14,16,26H2,1H3,(H,27,31)(H,28,32)/t22-/m0/s1. The van der Waals surface area contributed by atoms with Crippen molar-refractivity contribution in [2.24, 2.45) is 5.92 Å². The summed E-state index contributed by atoms with van der Waals surface area (Å²) in [7, 11) is 1.49. The van der Waals surface area contributed by atoms with Gasteiger partial charge in [-0.1, -0.05) is 38.2 Å². The van der Waals surface area contributed by atoms with Crippen molar-refractivity contribution < 1.29 is 9.59 Å². The fourth-order valence-electron chi connectivity index (χ4n) is 5.48. The Morgan fingerprint density at radius 3 is 2.56 bits per heavy atom. The number of rotatable bonds is 8. The summed E-state index contributed by atoms with van der Waals surface area (Å²) in [6.07, 6.45) is 11.6. The zero-order valence-electron chi connectivity index (χ0n) is 19.7. The van der Waals surface area contributed by atoms with Gasteiger partial charge in [-0.25, -0.2) is 0 Å². The number of fused-ring (bicyclic) bond motifs is 1. The van der Waals surface area contributed by atoms with Gasteiger partial charge in [0.2, 0.25) is 13.8 Å². The van der Waals surface area contributed by atoms with E-state index in [1.807, 2.05) is 6.07 Å². The van der Waals surface area contributed by atoms with Crippen LogP contribution in [0.5, 0.6) is 0 Å². The molecule has 32 heavy (non-hydrogen) atoms. The van der Waals surface area contributed by atoms with Crippen molar-refractivity contribution in [3.63, 3.8) is 0 Å². The van der Waals surface area contributed by atoms with Crippen LogP contribution in [-0.2, 0) is 17.9 Å². The molecule has 0 unspecified atom stereocenters. The summed E-state index contributed by atoms with van der Waals surface area (Å²) >= 11 is 0. The van der Waals surface area contributed by atoms with Crippen molar-refractivity contribution in [1.29, 1.82) is 0 Å². The Kier molecular flexibility index (Phi) is 7.56. The molecule has 2 aliphatic rings. The number of aromatic nitrogens is 1. The third kappa shape index (κ3) is 5.55. The molecule has 0 spiro atoms. The topological polar surface area (TPSA) is 66.4 Å². The number of nitrogens with zero attached hydrogens (tertiary/aromatic N) is 2. The minimum Gasteiger partial charge on any atom is -0.354 e. The highest BCUT2D eigenvalue weighted by Crippen LogP contribution is 2.29. The summed E-state index contributed by atoms with van der Waals surface area (Å²) < 4.78 is 2.27. The average molecular weight is 436 g/mol. The molecule has 6 nitrogen and oxygen atoms in total. The number of anilines is 1. The van der Waals surface area contributed by atoms with E-state index in [0.717, 1.165) is 43.6 Å². The highest BCUT2D eigenvalue weighted by atomic mass is 16.2. The molecule has 1 atom stereocenters. The van der Waals surface area contributed by atoms with Crippen molar-refractivity contribution in [3.8, 4) is 0 Å². The first-order chi connectivity index (χ1) is 15.5. The smallest absolute Gasteiger partial charge is 0.246 e. The van der Waals surface area contributed by atoms with Crippen LogP contribution in [0.15, 0.2) is 24.4 Å². The highest BCUT2D eigenvalue weighted by Gasteiger charge is 2.25. The third-order valence-corrected chi connectivity index (χ3v) is 7.15. The molecule has 2 heterocycles. The van der Waals surface area contributed by atoms with E-state index >= 15 is 0 Å². The summed E-state index contributed by atoms with van der Waals surface area (Å²) in [4.78, 5) is 27.4. The zero-order chi connectivity index (χ0) is 22.5. The van der Waals surface area contributed by atoms with E-state index in [0.29, 0.717) is 5.92 Å². The summed E-state index contributed by atoms with van der Waals surface area (Å²) in [5, 5.41) is 7.24. The van der Waals surface area contributed by atoms with E-state index in [1.54, 1.807) is 0 Å². The Balaban J connectivity index is 1.50. The lowest BCUT2D eigenvalue weighted by Gasteiger charge is -2.26. The lowest BCUT2D eigenvalue weighted by atomic mass is 9.84. The molecule has 2 aromatic rings. The quantitative estimate of drug-likeness (QED) is 0.618. The van der Waals surface area contributed by atoms with Crippen molar-refractivity contribution in [3.05, 3.63) is 30.0 Å².